The van der Waals surface area contributed by atoms with Crippen molar-refractivity contribution in [2.75, 3.05) is 0 Å². The minimum Gasteiger partial charge on any atom is -0.462 e. The third-order valence-electron chi connectivity index (χ3n) is 10.1. The first-order valence-corrected chi connectivity index (χ1v) is 19.3. The van der Waals surface area contributed by atoms with Crippen molar-refractivity contribution in [3.63, 3.8) is 0 Å². The number of fused-ring (bicyclic) bond motifs is 9. The molecule has 0 bridgehead atoms. The molecule has 0 aliphatic carbocycles. The zero-order valence-electron chi connectivity index (χ0n) is 27.4. The van der Waals surface area contributed by atoms with Gasteiger partial charge >= 0.3 is 0 Å². The quantitative estimate of drug-likeness (QED) is 0.165. The highest BCUT2D eigenvalue weighted by Gasteiger charge is 2.26. The van der Waals surface area contributed by atoms with Crippen molar-refractivity contribution in [1.29, 1.82) is 0 Å². The Balaban J connectivity index is 1.25. The molecule has 0 N–H and O–H groups in total. The van der Waals surface area contributed by atoms with Crippen LogP contribution < -0.4 is 10.6 Å². The molecule has 5 heteroatoms. The molecule has 0 aliphatic heterocycles. The SMILES string of the molecule is c1ccc(-c2ccc3occ(-n4c5ccccc5c5cc6sc7c8ccccc8n(P(c8ccccc8)c8ccccc8)c7c6cc54)c3c2)cc1. The fourth-order valence-electron chi connectivity index (χ4n) is 7.89. The minimum absolute atomic E-state index is 0.881. The second kappa shape index (κ2) is 11.3. The molecule has 4 aromatic heterocycles. The smallest absolute Gasteiger partial charge is 0.136 e. The molecule has 240 valence electrons. The fraction of sp³-hybridized carbons (Fsp3) is 0. The number of rotatable bonds is 5. The number of thiophene rings is 1. The maximum Gasteiger partial charge on any atom is 0.136 e. The van der Waals surface area contributed by atoms with E-state index in [0.717, 1.165) is 16.7 Å². The largest absolute Gasteiger partial charge is 0.462 e. The molecule has 11 aromatic rings. The molecule has 0 saturated carbocycles. The summed E-state index contributed by atoms with van der Waals surface area (Å²) in [6.45, 7) is 0. The first-order valence-electron chi connectivity index (χ1n) is 17.2. The summed E-state index contributed by atoms with van der Waals surface area (Å²) in [7, 11) is -0.910. The first kappa shape index (κ1) is 28.9. The van der Waals surface area contributed by atoms with E-state index < -0.39 is 8.07 Å². The second-order valence-corrected chi connectivity index (χ2v) is 16.1. The van der Waals surface area contributed by atoms with Gasteiger partial charge in [-0.3, -0.25) is 0 Å². The van der Waals surface area contributed by atoms with Gasteiger partial charge < -0.3 is 13.3 Å². The van der Waals surface area contributed by atoms with Crippen LogP contribution in [0.1, 0.15) is 0 Å². The van der Waals surface area contributed by atoms with Gasteiger partial charge in [0.25, 0.3) is 0 Å². The highest BCUT2D eigenvalue weighted by atomic mass is 32.1. The van der Waals surface area contributed by atoms with E-state index in [-0.39, 0.29) is 0 Å². The van der Waals surface area contributed by atoms with Crippen LogP contribution in [-0.2, 0) is 0 Å². The molecular weight excluding hydrogens is 660 g/mol. The average molecular weight is 689 g/mol. The van der Waals surface area contributed by atoms with Crippen molar-refractivity contribution in [1.82, 2.24) is 8.90 Å². The van der Waals surface area contributed by atoms with Crippen LogP contribution >= 0.6 is 19.4 Å². The highest BCUT2D eigenvalue weighted by Crippen LogP contribution is 2.51. The predicted molar refractivity (Wildman–Crippen MR) is 219 cm³/mol. The number of nitrogens with zero attached hydrogens (tertiary/aromatic N) is 2. The summed E-state index contributed by atoms with van der Waals surface area (Å²) in [5, 5.41) is 8.83. The number of benzene rings is 7. The Labute approximate surface area is 299 Å². The summed E-state index contributed by atoms with van der Waals surface area (Å²) >= 11 is 1.91. The van der Waals surface area contributed by atoms with Crippen LogP contribution in [0.4, 0.5) is 0 Å². The Morgan fingerprint density at radius 2 is 1.12 bits per heavy atom. The molecule has 0 spiro atoms. The second-order valence-electron chi connectivity index (χ2n) is 13.0. The van der Waals surface area contributed by atoms with Crippen LogP contribution in [0.5, 0.6) is 0 Å². The summed E-state index contributed by atoms with van der Waals surface area (Å²) in [6.07, 6.45) is 1.93. The van der Waals surface area contributed by atoms with E-state index in [4.69, 9.17) is 4.42 Å². The van der Waals surface area contributed by atoms with Gasteiger partial charge in [-0.25, -0.2) is 0 Å². The Hall–Kier alpha value is -5.93. The van der Waals surface area contributed by atoms with Crippen molar-refractivity contribution in [3.05, 3.63) is 176 Å². The monoisotopic (exact) mass is 688 g/mol. The van der Waals surface area contributed by atoms with Gasteiger partial charge in [-0.15, -0.1) is 11.3 Å². The summed E-state index contributed by atoms with van der Waals surface area (Å²) in [5.41, 5.74) is 9.22. The minimum atomic E-state index is -0.910. The molecular formula is C46H29N2OPS. The lowest BCUT2D eigenvalue weighted by Crippen LogP contribution is -2.16. The third kappa shape index (κ3) is 4.34. The Morgan fingerprint density at radius 1 is 0.471 bits per heavy atom. The lowest BCUT2D eigenvalue weighted by atomic mass is 10.0. The number of hydrogen-bond donors (Lipinski definition) is 0. The molecule has 0 radical (unpaired) electrons. The van der Waals surface area contributed by atoms with E-state index >= 15 is 0 Å². The van der Waals surface area contributed by atoms with Crippen molar-refractivity contribution in [3.8, 4) is 16.8 Å². The van der Waals surface area contributed by atoms with Crippen LogP contribution in [0.25, 0.3) is 80.8 Å². The van der Waals surface area contributed by atoms with Gasteiger partial charge in [0.2, 0.25) is 0 Å². The summed E-state index contributed by atoms with van der Waals surface area (Å²) < 4.78 is 14.0. The Morgan fingerprint density at radius 3 is 1.86 bits per heavy atom. The van der Waals surface area contributed by atoms with Gasteiger partial charge in [-0.05, 0) is 47.5 Å². The van der Waals surface area contributed by atoms with E-state index in [1.807, 2.05) is 17.6 Å². The predicted octanol–water partition coefficient (Wildman–Crippen LogP) is 12.4. The maximum absolute atomic E-state index is 6.27. The van der Waals surface area contributed by atoms with Gasteiger partial charge in [0.1, 0.15) is 11.8 Å². The molecule has 0 atom stereocenters. The fourth-order valence-corrected chi connectivity index (χ4v) is 11.7. The Bertz CT molecular complexity index is 3040. The first-order chi connectivity index (χ1) is 25.3. The molecule has 0 saturated heterocycles. The number of aromatic nitrogens is 2. The van der Waals surface area contributed by atoms with E-state index in [1.165, 1.54) is 74.7 Å². The average Bonchev–Trinajstić information content (AvgIpc) is 3.94. The van der Waals surface area contributed by atoms with E-state index in [9.17, 15) is 0 Å². The van der Waals surface area contributed by atoms with Gasteiger partial charge in [0, 0.05) is 42.2 Å². The lowest BCUT2D eigenvalue weighted by Gasteiger charge is -2.22. The standard InChI is InChI=1S/C46H29N2OPS/c1-4-14-30(15-5-1)31-24-25-43-37(26-31)42(29-49-43)47-39-22-12-10-20-34(39)36-28-44-38(27-41(36)47)45-46(51-44)35-21-11-13-23-40(35)48(45)50(32-16-6-2-7-17-32)33-18-8-3-9-19-33/h1-29H. The summed E-state index contributed by atoms with van der Waals surface area (Å²) in [4.78, 5) is 0. The van der Waals surface area contributed by atoms with Gasteiger partial charge in [0.15, 0.2) is 0 Å². The molecule has 0 aliphatic rings. The number of para-hydroxylation sites is 2. The molecule has 51 heavy (non-hydrogen) atoms. The van der Waals surface area contributed by atoms with Gasteiger partial charge in [0.05, 0.1) is 40.5 Å². The summed E-state index contributed by atoms with van der Waals surface area (Å²) in [6, 6.07) is 61.8. The molecule has 4 heterocycles. The van der Waals surface area contributed by atoms with Crippen LogP contribution in [0.3, 0.4) is 0 Å². The van der Waals surface area contributed by atoms with Gasteiger partial charge in [-0.2, -0.15) is 0 Å². The van der Waals surface area contributed by atoms with Crippen LogP contribution in [0.15, 0.2) is 181 Å². The van der Waals surface area contributed by atoms with Crippen molar-refractivity contribution < 1.29 is 4.42 Å². The highest BCUT2D eigenvalue weighted by molar-refractivity contribution is 7.72. The zero-order valence-corrected chi connectivity index (χ0v) is 29.1. The topological polar surface area (TPSA) is 23.0 Å². The number of hydrogen-bond acceptors (Lipinski definition) is 2. The molecule has 7 aromatic carbocycles. The van der Waals surface area contributed by atoms with Crippen molar-refractivity contribution in [2.24, 2.45) is 0 Å². The van der Waals surface area contributed by atoms with Crippen molar-refractivity contribution in [2.45, 2.75) is 0 Å². The van der Waals surface area contributed by atoms with Crippen LogP contribution in [-0.4, -0.2) is 8.90 Å². The third-order valence-corrected chi connectivity index (χ3v) is 13.7. The van der Waals surface area contributed by atoms with E-state index in [1.54, 1.807) is 0 Å². The van der Waals surface area contributed by atoms with Gasteiger partial charge in [-0.1, -0.05) is 133 Å². The van der Waals surface area contributed by atoms with E-state index in [2.05, 4.69) is 179 Å². The number of furan rings is 1. The molecule has 0 unspecified atom stereocenters. The molecule has 0 amide bonds. The molecule has 0 fully saturated rings. The lowest BCUT2D eigenvalue weighted by molar-refractivity contribution is 0.614. The Kier molecular flexibility index (Phi) is 6.39. The molecule has 3 nitrogen and oxygen atoms in total. The normalized spacial score (nSPS) is 12.1. The van der Waals surface area contributed by atoms with Crippen molar-refractivity contribution >= 4 is 94.0 Å². The summed E-state index contributed by atoms with van der Waals surface area (Å²) in [5.74, 6) is 0. The van der Waals surface area contributed by atoms with E-state index in [0.29, 0.717) is 0 Å². The van der Waals surface area contributed by atoms with Crippen LogP contribution in [0, 0.1) is 0 Å². The maximum atomic E-state index is 6.27. The molecule has 11 rings (SSSR count). The zero-order chi connectivity index (χ0) is 33.5. The van der Waals surface area contributed by atoms with Crippen LogP contribution in [0.2, 0.25) is 0 Å².